The van der Waals surface area contributed by atoms with Gasteiger partial charge < -0.3 is 21.7 Å². The number of nitrogen functional groups attached to an aromatic ring is 2. The summed E-state index contributed by atoms with van der Waals surface area (Å²) in [5.74, 6) is -2.28. The Kier molecular flexibility index (Phi) is 7.83. The molecule has 0 fully saturated rings. The summed E-state index contributed by atoms with van der Waals surface area (Å²) in [4.78, 5) is 26.7. The summed E-state index contributed by atoms with van der Waals surface area (Å²) in [6.07, 6.45) is 0. The monoisotopic (exact) mass is 738 g/mol. The maximum atomic E-state index is 14.0. The molecule has 52 heavy (non-hydrogen) atoms. The summed E-state index contributed by atoms with van der Waals surface area (Å²) < 4.78 is 66.4. The van der Waals surface area contributed by atoms with Crippen molar-refractivity contribution in [1.82, 2.24) is 0 Å². The van der Waals surface area contributed by atoms with Gasteiger partial charge in [0.2, 0.25) is 0 Å². The molecule has 0 amide bonds. The van der Waals surface area contributed by atoms with Gasteiger partial charge in [0.05, 0.1) is 43.7 Å². The summed E-state index contributed by atoms with van der Waals surface area (Å²) >= 11 is 0. The van der Waals surface area contributed by atoms with E-state index >= 15 is 0 Å². The highest BCUT2D eigenvalue weighted by molar-refractivity contribution is 7.86. The quantitative estimate of drug-likeness (QED) is 0.0592. The molecule has 0 atom stereocenters. The fourth-order valence-electron chi connectivity index (χ4n) is 5.96. The number of aromatic hydroxyl groups is 2. The standard InChI is InChI=1S/C34H22N6O10S2/c35-21-7-9-23(19-11-15(51(45,46)47)13-27(41)29(19)21)37-39-25-5-1-3-17-31(25)34(44)18-4-2-6-26(32(18)33(17)43)40-38-24-10-8-22(36)30-20(24)12-16(14-28(30)42)52(48,49)50/h1-14,41-42H,35-36H2,(H,45,46,47)(H,48,49,50). The summed E-state index contributed by atoms with van der Waals surface area (Å²) in [6.45, 7) is 0. The van der Waals surface area contributed by atoms with E-state index in [9.17, 15) is 45.7 Å². The summed E-state index contributed by atoms with van der Waals surface area (Å²) in [5.41, 5.74) is 11.9. The maximum Gasteiger partial charge on any atom is 0.294 e. The van der Waals surface area contributed by atoms with Gasteiger partial charge in [-0.1, -0.05) is 24.3 Å². The molecule has 1 aliphatic carbocycles. The number of hydrogen-bond donors (Lipinski definition) is 6. The van der Waals surface area contributed by atoms with Crippen molar-refractivity contribution in [2.75, 3.05) is 11.5 Å². The molecule has 0 heterocycles. The van der Waals surface area contributed by atoms with Gasteiger partial charge in [-0.25, -0.2) is 0 Å². The third kappa shape index (κ3) is 5.66. The van der Waals surface area contributed by atoms with Gasteiger partial charge >= 0.3 is 0 Å². The zero-order valence-corrected chi connectivity index (χ0v) is 27.7. The topological polar surface area (TPSA) is 285 Å². The van der Waals surface area contributed by atoms with Gasteiger partial charge in [0.25, 0.3) is 20.2 Å². The van der Waals surface area contributed by atoms with Crippen molar-refractivity contribution in [3.8, 4) is 11.5 Å². The highest BCUT2D eigenvalue weighted by Crippen LogP contribution is 2.43. The second-order valence-electron chi connectivity index (χ2n) is 11.5. The van der Waals surface area contributed by atoms with Crippen LogP contribution in [0, 0.1) is 0 Å². The van der Waals surface area contributed by atoms with Gasteiger partial charge in [-0.15, -0.1) is 20.5 Å². The molecule has 0 spiro atoms. The summed E-state index contributed by atoms with van der Waals surface area (Å²) in [6, 6.07) is 18.0. The van der Waals surface area contributed by atoms with Gasteiger partial charge in [-0.3, -0.25) is 18.7 Å². The number of ketones is 2. The number of fused-ring (bicyclic) bond motifs is 4. The first-order chi connectivity index (χ1) is 24.5. The molecule has 0 aliphatic heterocycles. The van der Waals surface area contributed by atoms with Gasteiger partial charge in [-0.2, -0.15) is 16.8 Å². The van der Waals surface area contributed by atoms with Crippen molar-refractivity contribution < 1.29 is 45.7 Å². The number of nitrogens with zero attached hydrogens (tertiary/aromatic N) is 4. The average molecular weight is 739 g/mol. The predicted molar refractivity (Wildman–Crippen MR) is 188 cm³/mol. The SMILES string of the molecule is Nc1ccc(N=Nc2cccc3c2C(=O)c2cccc(N=Nc4ccc(N)c5c(O)cc(S(=O)(=O)O)cc45)c2C3=O)c2cc(S(=O)(=O)O)cc(O)c12. The third-order valence-electron chi connectivity index (χ3n) is 8.31. The van der Waals surface area contributed by atoms with Crippen molar-refractivity contribution in [1.29, 1.82) is 0 Å². The fourth-order valence-corrected chi connectivity index (χ4v) is 7.01. The van der Waals surface area contributed by atoms with E-state index in [4.69, 9.17) is 11.5 Å². The van der Waals surface area contributed by atoms with E-state index in [1.807, 2.05) is 0 Å². The Morgan fingerprint density at radius 1 is 0.500 bits per heavy atom. The third-order valence-corrected chi connectivity index (χ3v) is 9.97. The molecule has 6 aromatic carbocycles. The molecule has 260 valence electrons. The zero-order valence-electron chi connectivity index (χ0n) is 26.1. The van der Waals surface area contributed by atoms with E-state index in [2.05, 4.69) is 20.5 Å². The van der Waals surface area contributed by atoms with Crippen LogP contribution in [0.4, 0.5) is 34.1 Å². The molecule has 0 bridgehead atoms. The lowest BCUT2D eigenvalue weighted by atomic mass is 9.82. The molecule has 0 unspecified atom stereocenters. The van der Waals surface area contributed by atoms with E-state index in [1.165, 1.54) is 60.7 Å². The van der Waals surface area contributed by atoms with E-state index in [0.29, 0.717) is 0 Å². The van der Waals surface area contributed by atoms with Crippen LogP contribution in [0.2, 0.25) is 0 Å². The molecular weight excluding hydrogens is 717 g/mol. The minimum atomic E-state index is -4.73. The summed E-state index contributed by atoms with van der Waals surface area (Å²) in [7, 11) is -9.45. The second kappa shape index (κ2) is 12.0. The van der Waals surface area contributed by atoms with Crippen LogP contribution in [0.15, 0.2) is 115 Å². The molecule has 16 nitrogen and oxygen atoms in total. The van der Waals surface area contributed by atoms with Crippen LogP contribution in [0.25, 0.3) is 21.5 Å². The van der Waals surface area contributed by atoms with Crippen molar-refractivity contribution in [3.05, 3.63) is 107 Å². The number of phenols is 2. The molecule has 0 saturated heterocycles. The molecule has 0 aromatic heterocycles. The molecule has 7 rings (SSSR count). The number of hydrogen-bond acceptors (Lipinski definition) is 14. The van der Waals surface area contributed by atoms with Crippen LogP contribution in [-0.2, 0) is 20.2 Å². The minimum absolute atomic E-state index is 0.0172. The number of carbonyl (C=O) groups is 2. The number of phenolic OH excluding ortho intramolecular Hbond substituents is 2. The lowest BCUT2D eigenvalue weighted by Crippen LogP contribution is -2.21. The smallest absolute Gasteiger partial charge is 0.294 e. The highest BCUT2D eigenvalue weighted by atomic mass is 32.2. The van der Waals surface area contributed by atoms with Gasteiger partial charge in [0.1, 0.15) is 11.5 Å². The Labute approximate surface area is 292 Å². The van der Waals surface area contributed by atoms with Gasteiger partial charge in [0, 0.05) is 56.2 Å². The Morgan fingerprint density at radius 2 is 0.865 bits per heavy atom. The van der Waals surface area contributed by atoms with Crippen LogP contribution in [-0.4, -0.2) is 47.7 Å². The fraction of sp³-hybridized carbons (Fsp3) is 0. The molecule has 0 saturated carbocycles. The first-order valence-corrected chi connectivity index (χ1v) is 17.7. The van der Waals surface area contributed by atoms with Gasteiger partial charge in [-0.05, 0) is 48.5 Å². The van der Waals surface area contributed by atoms with E-state index < -0.39 is 53.1 Å². The lowest BCUT2D eigenvalue weighted by molar-refractivity contribution is 0.0980. The molecule has 6 aromatic rings. The normalized spacial score (nSPS) is 13.3. The zero-order chi connectivity index (χ0) is 37.3. The number of carbonyl (C=O) groups excluding carboxylic acids is 2. The van der Waals surface area contributed by atoms with Crippen LogP contribution in [0.5, 0.6) is 11.5 Å². The Bertz CT molecular complexity index is 2690. The Hall–Kier alpha value is -6.60. The number of azo groups is 2. The molecule has 1 aliphatic rings. The second-order valence-corrected chi connectivity index (χ2v) is 14.3. The molecule has 18 heteroatoms. The number of benzene rings is 6. The minimum Gasteiger partial charge on any atom is -0.507 e. The summed E-state index contributed by atoms with van der Waals surface area (Å²) in [5, 5.41) is 37.9. The maximum absolute atomic E-state index is 14.0. The molecular formula is C34H22N6O10S2. The first-order valence-electron chi connectivity index (χ1n) is 14.8. The van der Waals surface area contributed by atoms with Crippen molar-refractivity contribution >= 4 is 87.5 Å². The van der Waals surface area contributed by atoms with Gasteiger partial charge in [0.15, 0.2) is 11.6 Å². The van der Waals surface area contributed by atoms with Crippen LogP contribution >= 0.6 is 0 Å². The molecule has 8 N–H and O–H groups in total. The number of rotatable bonds is 6. The lowest BCUT2D eigenvalue weighted by Gasteiger charge is -2.19. The van der Waals surface area contributed by atoms with Crippen LogP contribution < -0.4 is 11.5 Å². The predicted octanol–water partition coefficient (Wildman–Crippen LogP) is 6.67. The molecule has 0 radical (unpaired) electrons. The van der Waals surface area contributed by atoms with Crippen LogP contribution in [0.3, 0.4) is 0 Å². The van der Waals surface area contributed by atoms with Crippen LogP contribution in [0.1, 0.15) is 31.8 Å². The highest BCUT2D eigenvalue weighted by Gasteiger charge is 2.34. The van der Waals surface area contributed by atoms with E-state index in [-0.39, 0.29) is 77.9 Å². The average Bonchev–Trinajstić information content (AvgIpc) is 3.08. The van der Waals surface area contributed by atoms with E-state index in [0.717, 1.165) is 24.3 Å². The van der Waals surface area contributed by atoms with E-state index in [1.54, 1.807) is 0 Å². The largest absolute Gasteiger partial charge is 0.507 e. The number of nitrogens with two attached hydrogens (primary N) is 2. The van der Waals surface area contributed by atoms with Crippen molar-refractivity contribution in [3.63, 3.8) is 0 Å². The van der Waals surface area contributed by atoms with Crippen molar-refractivity contribution in [2.45, 2.75) is 9.79 Å². The van der Waals surface area contributed by atoms with Crippen molar-refractivity contribution in [2.24, 2.45) is 20.5 Å². The Balaban J connectivity index is 1.30. The Morgan fingerprint density at radius 3 is 1.23 bits per heavy atom. The first kappa shape index (κ1) is 33.9. The number of anilines is 2.